The second-order valence-electron chi connectivity index (χ2n) is 14.7. The first-order chi connectivity index (χ1) is 27.8. The quantitative estimate of drug-likeness (QED) is 0.171. The first-order valence-electron chi connectivity index (χ1n) is 19.0. The van der Waals surface area contributed by atoms with E-state index in [0.29, 0.717) is 0 Å². The smallest absolute Gasteiger partial charge is 0.434 e. The van der Waals surface area contributed by atoms with Crippen LogP contribution < -0.4 is 20.3 Å². The van der Waals surface area contributed by atoms with Crippen molar-refractivity contribution in [1.82, 2.24) is 18.5 Å². The van der Waals surface area contributed by atoms with E-state index in [-0.39, 0.29) is 6.92 Å². The Kier molecular flexibility index (Phi) is 5.89. The topological polar surface area (TPSA) is 45.6 Å². The molecule has 0 unspecified atom stereocenters. The summed E-state index contributed by atoms with van der Waals surface area (Å²) >= 11 is 0. The lowest BCUT2D eigenvalue weighted by Gasteiger charge is -2.33. The van der Waals surface area contributed by atoms with E-state index in [1.807, 2.05) is 12.1 Å². The molecule has 0 N–H and O–H groups in total. The summed E-state index contributed by atoms with van der Waals surface area (Å²) in [5.74, 6) is 3.33. The Morgan fingerprint density at radius 3 is 1.98 bits per heavy atom. The highest BCUT2D eigenvalue weighted by molar-refractivity contribution is 6.84. The van der Waals surface area contributed by atoms with Crippen LogP contribution in [0.25, 0.3) is 83.3 Å². The molecule has 11 aromatic rings. The number of para-hydroxylation sites is 7. The highest BCUT2D eigenvalue weighted by atomic mass is 16.5. The second kappa shape index (κ2) is 11.0. The Hall–Kier alpha value is -7.51. The van der Waals surface area contributed by atoms with Crippen LogP contribution in [0.2, 0.25) is 0 Å². The largest absolute Gasteiger partial charge is 0.551 e. The van der Waals surface area contributed by atoms with Crippen molar-refractivity contribution >= 4 is 67.5 Å². The molecule has 0 bridgehead atoms. The first-order valence-corrected chi connectivity index (χ1v) is 19.0. The van der Waals surface area contributed by atoms with Crippen LogP contribution in [-0.4, -0.2) is 25.4 Å². The first kappa shape index (κ1) is 29.9. The van der Waals surface area contributed by atoms with Crippen LogP contribution in [0.3, 0.4) is 0 Å². The average Bonchev–Trinajstić information content (AvgIpc) is 3.91. The number of imidazole rings is 2. The fourth-order valence-electron chi connectivity index (χ4n) is 9.29. The van der Waals surface area contributed by atoms with Gasteiger partial charge in [0.25, 0.3) is 0 Å². The molecule has 5 heterocycles. The Morgan fingerprint density at radius 1 is 0.446 bits per heavy atom. The van der Waals surface area contributed by atoms with Crippen LogP contribution in [0, 0.1) is 0 Å². The normalized spacial score (nSPS) is 12.9. The molecule has 0 amide bonds. The molecule has 7 heteroatoms. The second-order valence-corrected chi connectivity index (χ2v) is 14.7. The summed E-state index contributed by atoms with van der Waals surface area (Å²) in [6.07, 6.45) is 0. The Labute approximate surface area is 321 Å². The van der Waals surface area contributed by atoms with Gasteiger partial charge in [-0.2, -0.15) is 0 Å². The van der Waals surface area contributed by atoms with Gasteiger partial charge in [0.15, 0.2) is 0 Å². The molecule has 0 saturated carbocycles. The van der Waals surface area contributed by atoms with E-state index >= 15 is 0 Å². The highest BCUT2D eigenvalue weighted by Crippen LogP contribution is 2.42. The van der Waals surface area contributed by atoms with Crippen LogP contribution in [0.5, 0.6) is 17.2 Å². The third-order valence-electron chi connectivity index (χ3n) is 11.7. The van der Waals surface area contributed by atoms with Crippen molar-refractivity contribution in [2.24, 2.45) is 0 Å². The molecule has 3 aromatic heterocycles. The standard InChI is InChI=1S/C49H29BN4O2/c1-5-18-40-34(14-1)35-15-2-6-19-41(35)52(40)32-13-11-12-30(26-32)31-27-37-36-16-3-10-23-45(36)56-50-38-29-33(24-25-46(38)55-47(28-31)48(37)50)53-43-21-8-9-22-44(43)54-42-20-7-4-17-39(42)51-49(53)54/h1-29H. The summed E-state index contributed by atoms with van der Waals surface area (Å²) in [5.41, 5.74) is 15.1. The molecular weight excluding hydrogens is 687 g/mol. The molecule has 8 aromatic carbocycles. The zero-order valence-electron chi connectivity index (χ0n) is 29.9. The van der Waals surface area contributed by atoms with Gasteiger partial charge in [-0.3, -0.25) is 8.97 Å². The number of ether oxygens (including phenoxy) is 1. The number of benzene rings is 8. The summed E-state index contributed by atoms with van der Waals surface area (Å²) in [5, 5.41) is 2.49. The maximum atomic E-state index is 6.94. The summed E-state index contributed by atoms with van der Waals surface area (Å²) in [4.78, 5) is 5.12. The van der Waals surface area contributed by atoms with Gasteiger partial charge >= 0.3 is 6.92 Å². The molecule has 260 valence electrons. The van der Waals surface area contributed by atoms with Gasteiger partial charge < -0.3 is 14.0 Å². The molecule has 2 aliphatic rings. The number of hydrogen-bond acceptors (Lipinski definition) is 3. The van der Waals surface area contributed by atoms with Crippen molar-refractivity contribution in [3.63, 3.8) is 0 Å². The van der Waals surface area contributed by atoms with E-state index in [4.69, 9.17) is 14.4 Å². The minimum absolute atomic E-state index is 0.353. The van der Waals surface area contributed by atoms with Gasteiger partial charge in [-0.05, 0) is 102 Å². The van der Waals surface area contributed by atoms with Crippen molar-refractivity contribution in [1.29, 1.82) is 0 Å². The molecule has 0 atom stereocenters. The van der Waals surface area contributed by atoms with E-state index < -0.39 is 0 Å². The molecule has 0 radical (unpaired) electrons. The molecular formula is C49H29BN4O2. The van der Waals surface area contributed by atoms with Gasteiger partial charge in [0.2, 0.25) is 5.78 Å². The third-order valence-corrected chi connectivity index (χ3v) is 11.7. The van der Waals surface area contributed by atoms with Gasteiger partial charge in [0.1, 0.15) is 17.2 Å². The molecule has 56 heavy (non-hydrogen) atoms. The number of nitrogens with zero attached hydrogens (tertiary/aromatic N) is 4. The van der Waals surface area contributed by atoms with E-state index in [2.05, 4.69) is 177 Å². The predicted octanol–water partition coefficient (Wildman–Crippen LogP) is 10.5. The van der Waals surface area contributed by atoms with Crippen LogP contribution in [-0.2, 0) is 0 Å². The van der Waals surface area contributed by atoms with Crippen LogP contribution in [0.4, 0.5) is 0 Å². The summed E-state index contributed by atoms with van der Waals surface area (Å²) in [6, 6.07) is 62.2. The Balaban J connectivity index is 0.983. The van der Waals surface area contributed by atoms with Gasteiger partial charge in [-0.1, -0.05) is 91.0 Å². The lowest BCUT2D eigenvalue weighted by molar-refractivity contribution is 0.479. The lowest BCUT2D eigenvalue weighted by atomic mass is 9.50. The zero-order valence-corrected chi connectivity index (χ0v) is 29.9. The van der Waals surface area contributed by atoms with Crippen molar-refractivity contribution in [3.05, 3.63) is 176 Å². The molecule has 13 rings (SSSR count). The zero-order chi connectivity index (χ0) is 36.5. The van der Waals surface area contributed by atoms with E-state index in [0.717, 1.165) is 89.6 Å². The monoisotopic (exact) mass is 716 g/mol. The van der Waals surface area contributed by atoms with Crippen LogP contribution in [0.15, 0.2) is 176 Å². The van der Waals surface area contributed by atoms with Gasteiger partial charge in [0, 0.05) is 38.6 Å². The van der Waals surface area contributed by atoms with Crippen molar-refractivity contribution in [2.45, 2.75) is 0 Å². The van der Waals surface area contributed by atoms with E-state index in [1.165, 1.54) is 21.8 Å². The highest BCUT2D eigenvalue weighted by Gasteiger charge is 2.41. The number of rotatable bonds is 3. The van der Waals surface area contributed by atoms with Gasteiger partial charge in [-0.25, -0.2) is 4.98 Å². The maximum Gasteiger partial charge on any atom is 0.434 e. The van der Waals surface area contributed by atoms with E-state index in [9.17, 15) is 0 Å². The fraction of sp³-hybridized carbons (Fsp3) is 0. The molecule has 6 nitrogen and oxygen atoms in total. The predicted molar refractivity (Wildman–Crippen MR) is 227 cm³/mol. The van der Waals surface area contributed by atoms with Crippen molar-refractivity contribution in [2.75, 3.05) is 0 Å². The summed E-state index contributed by atoms with van der Waals surface area (Å²) in [7, 11) is 0. The molecule has 0 aliphatic carbocycles. The number of fused-ring (bicyclic) bond motifs is 12. The lowest BCUT2D eigenvalue weighted by Crippen LogP contribution is -2.53. The van der Waals surface area contributed by atoms with Crippen LogP contribution in [0.1, 0.15) is 0 Å². The summed E-state index contributed by atoms with van der Waals surface area (Å²) < 4.78 is 20.7. The van der Waals surface area contributed by atoms with Crippen LogP contribution >= 0.6 is 0 Å². The molecule has 0 saturated heterocycles. The molecule has 0 fully saturated rings. The molecule has 2 aliphatic heterocycles. The molecule has 0 spiro atoms. The van der Waals surface area contributed by atoms with Gasteiger partial charge in [0.05, 0.1) is 33.1 Å². The SMILES string of the molecule is c1cc(-c2cc3c4c(c2)-c2ccccc2OB4c2cc(-n4c5ccccc5n5c6ccccc6nc45)ccc2O3)cc(-n2c3ccccc3c3ccccc32)c1. The third kappa shape index (κ3) is 4.03. The Bertz CT molecular complexity index is 3410. The van der Waals surface area contributed by atoms with E-state index in [1.54, 1.807) is 0 Å². The minimum atomic E-state index is -0.353. The summed E-state index contributed by atoms with van der Waals surface area (Å²) in [6.45, 7) is -0.353. The number of hydrogen-bond donors (Lipinski definition) is 0. The Morgan fingerprint density at radius 2 is 1.14 bits per heavy atom. The average molecular weight is 717 g/mol. The fourth-order valence-corrected chi connectivity index (χ4v) is 9.29. The van der Waals surface area contributed by atoms with Crippen molar-refractivity contribution in [3.8, 4) is 50.9 Å². The maximum absolute atomic E-state index is 6.94. The number of aromatic nitrogens is 4. The van der Waals surface area contributed by atoms with Gasteiger partial charge in [-0.15, -0.1) is 0 Å². The van der Waals surface area contributed by atoms with Crippen molar-refractivity contribution < 1.29 is 9.39 Å². The minimum Gasteiger partial charge on any atom is -0.551 e.